The van der Waals surface area contributed by atoms with Gasteiger partial charge in [0.1, 0.15) is 5.75 Å². The van der Waals surface area contributed by atoms with Crippen molar-refractivity contribution in [1.82, 2.24) is 0 Å². The maximum Gasteiger partial charge on any atom is 0.449 e. The molecule has 2 rings (SSSR count). The Morgan fingerprint density at radius 3 is 2.35 bits per heavy atom. The van der Waals surface area contributed by atoms with Gasteiger partial charge < -0.3 is 14.0 Å². The molecule has 1 heterocycles. The van der Waals surface area contributed by atoms with Crippen LogP contribution in [0.4, 0.5) is 0 Å². The van der Waals surface area contributed by atoms with Gasteiger partial charge in [0.05, 0.1) is 12.7 Å². The van der Waals surface area contributed by atoms with E-state index in [1.54, 1.807) is 12.1 Å². The zero-order chi connectivity index (χ0) is 17.2. The SMILES string of the molecule is CC1C(O)OC(COS(=O)(=O)Oc2ccc(Br)cc2)[C@@H](C)[C@@H]1C. The number of halogens is 1. The molecular formula is C15H21BrO6S. The quantitative estimate of drug-likeness (QED) is 0.806. The van der Waals surface area contributed by atoms with Crippen molar-refractivity contribution in [1.29, 1.82) is 0 Å². The highest BCUT2D eigenvalue weighted by molar-refractivity contribution is 9.10. The van der Waals surface area contributed by atoms with Crippen molar-refractivity contribution >= 4 is 26.3 Å². The van der Waals surface area contributed by atoms with Crippen molar-refractivity contribution < 1.29 is 26.6 Å². The predicted molar refractivity (Wildman–Crippen MR) is 88.0 cm³/mol. The highest BCUT2D eigenvalue weighted by Crippen LogP contribution is 2.34. The lowest BCUT2D eigenvalue weighted by Gasteiger charge is -2.41. The van der Waals surface area contributed by atoms with Gasteiger partial charge in [-0.05, 0) is 36.1 Å². The second-order valence-electron chi connectivity index (χ2n) is 5.87. The zero-order valence-electron chi connectivity index (χ0n) is 13.2. The third-order valence-electron chi connectivity index (χ3n) is 4.40. The van der Waals surface area contributed by atoms with E-state index in [-0.39, 0.29) is 30.1 Å². The molecule has 0 amide bonds. The number of hydrogen-bond acceptors (Lipinski definition) is 6. The fourth-order valence-corrected chi connectivity index (χ4v) is 3.44. The Balaban J connectivity index is 1.94. The van der Waals surface area contributed by atoms with Crippen LogP contribution in [-0.2, 0) is 19.3 Å². The van der Waals surface area contributed by atoms with Gasteiger partial charge in [0.25, 0.3) is 0 Å². The van der Waals surface area contributed by atoms with Gasteiger partial charge >= 0.3 is 10.4 Å². The van der Waals surface area contributed by atoms with Crippen molar-refractivity contribution in [3.8, 4) is 5.75 Å². The Hall–Kier alpha value is -0.670. The average molecular weight is 409 g/mol. The van der Waals surface area contributed by atoms with E-state index in [0.29, 0.717) is 0 Å². The lowest BCUT2D eigenvalue weighted by molar-refractivity contribution is -0.230. The molecule has 1 N–H and O–H groups in total. The Morgan fingerprint density at radius 1 is 1.13 bits per heavy atom. The molecule has 3 unspecified atom stereocenters. The van der Waals surface area contributed by atoms with Gasteiger partial charge in [-0.3, -0.25) is 0 Å². The summed E-state index contributed by atoms with van der Waals surface area (Å²) < 4.78 is 39.8. The molecule has 23 heavy (non-hydrogen) atoms. The molecule has 8 heteroatoms. The van der Waals surface area contributed by atoms with Crippen LogP contribution in [0.3, 0.4) is 0 Å². The lowest BCUT2D eigenvalue weighted by atomic mass is 9.79. The molecule has 1 aliphatic rings. The first kappa shape index (κ1) is 18.7. The van der Waals surface area contributed by atoms with Gasteiger partial charge in [-0.15, -0.1) is 0 Å². The molecule has 0 bridgehead atoms. The van der Waals surface area contributed by atoms with Crippen LogP contribution < -0.4 is 4.18 Å². The minimum Gasteiger partial charge on any atom is -0.368 e. The second kappa shape index (κ2) is 7.48. The summed E-state index contributed by atoms with van der Waals surface area (Å²) in [5.41, 5.74) is 0. The van der Waals surface area contributed by atoms with Crippen LogP contribution in [0.15, 0.2) is 28.7 Å². The molecule has 1 aliphatic heterocycles. The minimum atomic E-state index is -4.20. The van der Waals surface area contributed by atoms with Crippen LogP contribution in [0.25, 0.3) is 0 Å². The van der Waals surface area contributed by atoms with Gasteiger partial charge in [-0.2, -0.15) is 8.42 Å². The fraction of sp³-hybridized carbons (Fsp3) is 0.600. The van der Waals surface area contributed by atoms with E-state index >= 15 is 0 Å². The smallest absolute Gasteiger partial charge is 0.368 e. The molecular weight excluding hydrogens is 388 g/mol. The first-order valence-electron chi connectivity index (χ1n) is 7.37. The molecule has 0 aliphatic carbocycles. The van der Waals surface area contributed by atoms with Crippen LogP contribution in [0, 0.1) is 17.8 Å². The molecule has 1 aromatic carbocycles. The zero-order valence-corrected chi connectivity index (χ0v) is 15.6. The number of hydrogen-bond donors (Lipinski definition) is 1. The number of aliphatic hydroxyl groups is 1. The summed E-state index contributed by atoms with van der Waals surface area (Å²) in [6.45, 7) is 5.65. The van der Waals surface area contributed by atoms with E-state index in [9.17, 15) is 13.5 Å². The molecule has 5 atom stereocenters. The molecule has 0 radical (unpaired) electrons. The normalized spacial score (nSPS) is 31.8. The van der Waals surface area contributed by atoms with Crippen molar-refractivity contribution in [2.75, 3.05) is 6.61 Å². The van der Waals surface area contributed by atoms with Crippen molar-refractivity contribution in [3.63, 3.8) is 0 Å². The molecule has 6 nitrogen and oxygen atoms in total. The summed E-state index contributed by atoms with van der Waals surface area (Å²) in [4.78, 5) is 0. The Bertz CT molecular complexity index is 617. The molecule has 1 fully saturated rings. The van der Waals surface area contributed by atoms with E-state index in [4.69, 9.17) is 13.1 Å². The molecule has 0 saturated carbocycles. The van der Waals surface area contributed by atoms with Gasteiger partial charge in [0.2, 0.25) is 0 Å². The summed E-state index contributed by atoms with van der Waals surface area (Å²) in [5.74, 6) is 0.378. The molecule has 130 valence electrons. The molecule has 0 spiro atoms. The number of benzene rings is 1. The predicted octanol–water partition coefficient (Wildman–Crippen LogP) is 2.71. The molecule has 1 aromatic rings. The fourth-order valence-electron chi connectivity index (χ4n) is 2.48. The summed E-state index contributed by atoms with van der Waals surface area (Å²) in [5, 5.41) is 9.86. The monoisotopic (exact) mass is 408 g/mol. The Morgan fingerprint density at radius 2 is 1.74 bits per heavy atom. The number of rotatable bonds is 5. The third-order valence-corrected chi connectivity index (χ3v) is 5.75. The highest BCUT2D eigenvalue weighted by atomic mass is 79.9. The Labute approximate surface area is 145 Å². The highest BCUT2D eigenvalue weighted by Gasteiger charge is 2.39. The third kappa shape index (κ3) is 4.90. The maximum absolute atomic E-state index is 11.9. The minimum absolute atomic E-state index is 0.0168. The first-order chi connectivity index (χ1) is 10.7. The maximum atomic E-state index is 11.9. The lowest BCUT2D eigenvalue weighted by Crippen LogP contribution is -2.46. The van der Waals surface area contributed by atoms with E-state index in [1.165, 1.54) is 12.1 Å². The summed E-state index contributed by atoms with van der Waals surface area (Å²) in [6, 6.07) is 6.35. The standard InChI is InChI=1S/C15H21BrO6S/c1-9-10(2)14(21-15(17)11(9)3)8-20-23(18,19)22-13-6-4-12(16)5-7-13/h4-7,9-11,14-15,17H,8H2,1-3H3/t9-,10-,11?,14?,15?/m0/s1. The van der Waals surface area contributed by atoms with E-state index < -0.39 is 22.8 Å². The van der Waals surface area contributed by atoms with Gasteiger partial charge in [0, 0.05) is 10.4 Å². The van der Waals surface area contributed by atoms with Gasteiger partial charge in [-0.25, -0.2) is 4.18 Å². The second-order valence-corrected chi connectivity index (χ2v) is 8.01. The van der Waals surface area contributed by atoms with Crippen molar-refractivity contribution in [2.24, 2.45) is 17.8 Å². The number of aliphatic hydroxyl groups excluding tert-OH is 1. The largest absolute Gasteiger partial charge is 0.449 e. The van der Waals surface area contributed by atoms with Gasteiger partial charge in [-0.1, -0.05) is 36.7 Å². The topological polar surface area (TPSA) is 82.1 Å². The van der Waals surface area contributed by atoms with Crippen LogP contribution in [0.5, 0.6) is 5.75 Å². The first-order valence-corrected chi connectivity index (χ1v) is 9.50. The van der Waals surface area contributed by atoms with Crippen LogP contribution >= 0.6 is 15.9 Å². The van der Waals surface area contributed by atoms with Gasteiger partial charge in [0.15, 0.2) is 6.29 Å². The van der Waals surface area contributed by atoms with E-state index in [1.807, 2.05) is 20.8 Å². The number of ether oxygens (including phenoxy) is 1. The van der Waals surface area contributed by atoms with Crippen LogP contribution in [-0.4, -0.2) is 32.5 Å². The molecule has 1 saturated heterocycles. The summed E-state index contributed by atoms with van der Waals surface area (Å²) >= 11 is 3.25. The van der Waals surface area contributed by atoms with E-state index in [2.05, 4.69) is 15.9 Å². The Kier molecular flexibility index (Phi) is 6.07. The van der Waals surface area contributed by atoms with Crippen molar-refractivity contribution in [3.05, 3.63) is 28.7 Å². The molecule has 0 aromatic heterocycles. The summed E-state index contributed by atoms with van der Waals surface area (Å²) in [7, 11) is -4.20. The van der Waals surface area contributed by atoms with Crippen LogP contribution in [0.2, 0.25) is 0 Å². The van der Waals surface area contributed by atoms with Crippen LogP contribution in [0.1, 0.15) is 20.8 Å². The van der Waals surface area contributed by atoms with Crippen molar-refractivity contribution in [2.45, 2.75) is 33.2 Å². The average Bonchev–Trinajstić information content (AvgIpc) is 2.49. The van der Waals surface area contributed by atoms with E-state index in [0.717, 1.165) is 4.47 Å². The summed E-state index contributed by atoms with van der Waals surface area (Å²) in [6.07, 6.45) is -1.44.